The van der Waals surface area contributed by atoms with E-state index in [1.807, 2.05) is 42.5 Å². The molecular formula is C20H24N2O3. The van der Waals surface area contributed by atoms with Crippen LogP contribution in [-0.4, -0.2) is 31.2 Å². The lowest BCUT2D eigenvalue weighted by Gasteiger charge is -2.28. The zero-order valence-electron chi connectivity index (χ0n) is 14.9. The SMILES string of the molecule is CCN(c1ccc(NC(=O)[C@H]2COc3ccccc3O2)cc1)C(C)C. The van der Waals surface area contributed by atoms with Gasteiger partial charge in [0.2, 0.25) is 6.10 Å². The topological polar surface area (TPSA) is 50.8 Å². The largest absolute Gasteiger partial charge is 0.485 e. The second-order valence-corrected chi connectivity index (χ2v) is 6.28. The van der Waals surface area contributed by atoms with E-state index in [-0.39, 0.29) is 12.5 Å². The van der Waals surface area contributed by atoms with Crippen LogP contribution in [0.15, 0.2) is 48.5 Å². The molecular weight excluding hydrogens is 316 g/mol. The molecule has 1 heterocycles. The number of hydrogen-bond donors (Lipinski definition) is 1. The minimum absolute atomic E-state index is 0.206. The fourth-order valence-corrected chi connectivity index (χ4v) is 2.95. The summed E-state index contributed by atoms with van der Waals surface area (Å²) in [5, 5.41) is 2.89. The number of carbonyl (C=O) groups excluding carboxylic acids is 1. The second kappa shape index (κ2) is 7.47. The van der Waals surface area contributed by atoms with Crippen molar-refractivity contribution in [1.82, 2.24) is 0 Å². The average Bonchev–Trinajstić information content (AvgIpc) is 2.63. The van der Waals surface area contributed by atoms with Gasteiger partial charge in [-0.25, -0.2) is 0 Å². The van der Waals surface area contributed by atoms with Crippen LogP contribution in [0, 0.1) is 0 Å². The standard InChI is InChI=1S/C20H24N2O3/c1-4-22(14(2)3)16-11-9-15(10-12-16)21-20(23)19-13-24-17-7-5-6-8-18(17)25-19/h5-12,14,19H,4,13H2,1-3H3,(H,21,23)/t19-/m1/s1. The minimum Gasteiger partial charge on any atom is -0.485 e. The number of ether oxygens (including phenoxy) is 2. The fourth-order valence-electron chi connectivity index (χ4n) is 2.95. The van der Waals surface area contributed by atoms with Crippen molar-refractivity contribution < 1.29 is 14.3 Å². The molecule has 1 aliphatic rings. The number of hydrogen-bond acceptors (Lipinski definition) is 4. The molecule has 3 rings (SSSR count). The lowest BCUT2D eigenvalue weighted by Crippen LogP contribution is -2.40. The van der Waals surface area contributed by atoms with E-state index >= 15 is 0 Å². The highest BCUT2D eigenvalue weighted by molar-refractivity contribution is 5.94. The van der Waals surface area contributed by atoms with Gasteiger partial charge in [0, 0.05) is 24.0 Å². The van der Waals surface area contributed by atoms with Crippen LogP contribution in [0.4, 0.5) is 11.4 Å². The predicted molar refractivity (Wildman–Crippen MR) is 99.6 cm³/mol. The second-order valence-electron chi connectivity index (χ2n) is 6.28. The van der Waals surface area contributed by atoms with Gasteiger partial charge in [-0.1, -0.05) is 12.1 Å². The molecule has 2 aromatic rings. The van der Waals surface area contributed by atoms with Gasteiger partial charge in [-0.05, 0) is 57.2 Å². The summed E-state index contributed by atoms with van der Waals surface area (Å²) in [6, 6.07) is 15.7. The number of fused-ring (bicyclic) bond motifs is 1. The van der Waals surface area contributed by atoms with Crippen molar-refractivity contribution in [2.24, 2.45) is 0 Å². The number of para-hydroxylation sites is 2. The third kappa shape index (κ3) is 3.87. The fraction of sp³-hybridized carbons (Fsp3) is 0.350. The molecule has 0 bridgehead atoms. The first kappa shape index (κ1) is 17.1. The van der Waals surface area contributed by atoms with Crippen LogP contribution in [-0.2, 0) is 4.79 Å². The first-order valence-corrected chi connectivity index (χ1v) is 8.64. The van der Waals surface area contributed by atoms with Gasteiger partial charge in [-0.15, -0.1) is 0 Å². The highest BCUT2D eigenvalue weighted by atomic mass is 16.6. The van der Waals surface area contributed by atoms with Gasteiger partial charge in [0.25, 0.3) is 5.91 Å². The quantitative estimate of drug-likeness (QED) is 0.902. The molecule has 5 heteroatoms. The van der Waals surface area contributed by atoms with Crippen molar-refractivity contribution >= 4 is 17.3 Å². The number of nitrogens with one attached hydrogen (secondary N) is 1. The summed E-state index contributed by atoms with van der Waals surface area (Å²) >= 11 is 0. The predicted octanol–water partition coefficient (Wildman–Crippen LogP) is 3.70. The summed E-state index contributed by atoms with van der Waals surface area (Å²) in [5.74, 6) is 1.06. The van der Waals surface area contributed by atoms with E-state index in [4.69, 9.17) is 9.47 Å². The van der Waals surface area contributed by atoms with Gasteiger partial charge < -0.3 is 19.7 Å². The van der Waals surface area contributed by atoms with Crippen LogP contribution in [0.5, 0.6) is 11.5 Å². The lowest BCUT2D eigenvalue weighted by molar-refractivity contribution is -0.125. The zero-order chi connectivity index (χ0) is 17.8. The number of carbonyl (C=O) groups is 1. The molecule has 0 aromatic heterocycles. The third-order valence-electron chi connectivity index (χ3n) is 4.23. The van der Waals surface area contributed by atoms with Crippen LogP contribution in [0.3, 0.4) is 0 Å². The molecule has 25 heavy (non-hydrogen) atoms. The number of rotatable bonds is 5. The summed E-state index contributed by atoms with van der Waals surface area (Å²) in [5.41, 5.74) is 1.89. The first-order valence-electron chi connectivity index (χ1n) is 8.64. The first-order chi connectivity index (χ1) is 12.1. The monoisotopic (exact) mass is 340 g/mol. The molecule has 1 atom stereocenters. The number of benzene rings is 2. The van der Waals surface area contributed by atoms with Crippen LogP contribution in [0.1, 0.15) is 20.8 Å². The highest BCUT2D eigenvalue weighted by Crippen LogP contribution is 2.31. The van der Waals surface area contributed by atoms with Crippen LogP contribution >= 0.6 is 0 Å². The number of nitrogens with zero attached hydrogens (tertiary/aromatic N) is 1. The molecule has 1 aliphatic heterocycles. The van der Waals surface area contributed by atoms with E-state index in [1.54, 1.807) is 6.07 Å². The van der Waals surface area contributed by atoms with Crippen molar-refractivity contribution in [1.29, 1.82) is 0 Å². The maximum Gasteiger partial charge on any atom is 0.269 e. The van der Waals surface area contributed by atoms with E-state index in [0.29, 0.717) is 17.5 Å². The maximum atomic E-state index is 12.4. The summed E-state index contributed by atoms with van der Waals surface area (Å²) in [7, 11) is 0. The Kier molecular flexibility index (Phi) is 5.12. The van der Waals surface area contributed by atoms with Gasteiger partial charge in [-0.3, -0.25) is 4.79 Å². The molecule has 2 aromatic carbocycles. The van der Waals surface area contributed by atoms with E-state index in [0.717, 1.165) is 17.9 Å². The number of amides is 1. The van der Waals surface area contributed by atoms with Crippen LogP contribution < -0.4 is 19.7 Å². The summed E-state index contributed by atoms with van der Waals surface area (Å²) < 4.78 is 11.3. The Bertz CT molecular complexity index is 728. The molecule has 0 fully saturated rings. The van der Waals surface area contributed by atoms with E-state index in [1.165, 1.54) is 0 Å². The van der Waals surface area contributed by atoms with Crippen molar-refractivity contribution in [3.63, 3.8) is 0 Å². The molecule has 0 spiro atoms. The molecule has 132 valence electrons. The molecule has 0 radical (unpaired) electrons. The van der Waals surface area contributed by atoms with Gasteiger partial charge in [0.15, 0.2) is 11.5 Å². The normalized spacial score (nSPS) is 15.8. The van der Waals surface area contributed by atoms with Crippen LogP contribution in [0.2, 0.25) is 0 Å². The van der Waals surface area contributed by atoms with Gasteiger partial charge in [-0.2, -0.15) is 0 Å². The Morgan fingerprint density at radius 2 is 1.84 bits per heavy atom. The molecule has 0 unspecified atom stereocenters. The Hall–Kier alpha value is -2.69. The molecule has 1 N–H and O–H groups in total. The lowest BCUT2D eigenvalue weighted by atomic mass is 10.2. The molecule has 0 saturated heterocycles. The Morgan fingerprint density at radius 1 is 1.16 bits per heavy atom. The van der Waals surface area contributed by atoms with Crippen molar-refractivity contribution in [3.8, 4) is 11.5 Å². The Balaban J connectivity index is 1.64. The van der Waals surface area contributed by atoms with Gasteiger partial charge >= 0.3 is 0 Å². The van der Waals surface area contributed by atoms with Crippen molar-refractivity contribution in [3.05, 3.63) is 48.5 Å². The summed E-state index contributed by atoms with van der Waals surface area (Å²) in [4.78, 5) is 14.7. The molecule has 0 saturated carbocycles. The highest BCUT2D eigenvalue weighted by Gasteiger charge is 2.27. The smallest absolute Gasteiger partial charge is 0.269 e. The number of anilines is 2. The van der Waals surface area contributed by atoms with Gasteiger partial charge in [0.1, 0.15) is 6.61 Å². The molecule has 1 amide bonds. The molecule has 0 aliphatic carbocycles. The summed E-state index contributed by atoms with van der Waals surface area (Å²) in [6.07, 6.45) is -0.655. The average molecular weight is 340 g/mol. The van der Waals surface area contributed by atoms with Crippen molar-refractivity contribution in [2.75, 3.05) is 23.4 Å². The van der Waals surface area contributed by atoms with Gasteiger partial charge in [0.05, 0.1) is 0 Å². The summed E-state index contributed by atoms with van der Waals surface area (Å²) in [6.45, 7) is 7.61. The van der Waals surface area contributed by atoms with E-state index in [2.05, 4.69) is 31.0 Å². The van der Waals surface area contributed by atoms with E-state index in [9.17, 15) is 4.79 Å². The van der Waals surface area contributed by atoms with E-state index < -0.39 is 6.10 Å². The third-order valence-corrected chi connectivity index (χ3v) is 4.23. The zero-order valence-corrected chi connectivity index (χ0v) is 14.9. The molecule has 5 nitrogen and oxygen atoms in total. The Morgan fingerprint density at radius 3 is 2.48 bits per heavy atom. The van der Waals surface area contributed by atoms with Crippen LogP contribution in [0.25, 0.3) is 0 Å². The maximum absolute atomic E-state index is 12.4. The minimum atomic E-state index is -0.655. The Labute approximate surface area is 148 Å². The van der Waals surface area contributed by atoms with Crippen molar-refractivity contribution in [2.45, 2.75) is 32.9 Å².